The molecule has 1 heterocycles. The molecule has 0 aliphatic heterocycles. The molecule has 0 N–H and O–H groups in total. The summed E-state index contributed by atoms with van der Waals surface area (Å²) in [6.45, 7) is 0. The Labute approximate surface area is 84.0 Å². The van der Waals surface area contributed by atoms with Crippen LogP contribution in [-0.4, -0.2) is 15.4 Å². The van der Waals surface area contributed by atoms with Gasteiger partial charge in [0.1, 0.15) is 0 Å². The van der Waals surface area contributed by atoms with Gasteiger partial charge in [0, 0.05) is 10.0 Å². The van der Waals surface area contributed by atoms with E-state index in [0.29, 0.717) is 0 Å². The van der Waals surface area contributed by atoms with Gasteiger partial charge in [-0.15, -0.1) is 10.2 Å². The summed E-state index contributed by atoms with van der Waals surface area (Å²) in [5, 5.41) is 11.1. The normalized spacial score (nSPS) is 9.92. The van der Waals surface area contributed by atoms with Gasteiger partial charge in [0.15, 0.2) is 0 Å². The second-order valence-corrected chi connectivity index (χ2v) is 3.43. The minimum Gasteiger partial charge on any atom is -0.139 e. The summed E-state index contributed by atoms with van der Waals surface area (Å²) < 4.78 is 1.03. The van der Waals surface area contributed by atoms with Crippen molar-refractivity contribution in [1.82, 2.24) is 15.4 Å². The average molecular weight is 236 g/mol. The van der Waals surface area contributed by atoms with E-state index in [-0.39, 0.29) is 0 Å². The average Bonchev–Trinajstić information content (AvgIpc) is 2.19. The minimum atomic E-state index is 0.830. The van der Waals surface area contributed by atoms with Crippen molar-refractivity contribution < 1.29 is 0 Å². The molecule has 0 spiro atoms. The topological polar surface area (TPSA) is 38.7 Å². The van der Waals surface area contributed by atoms with Crippen molar-refractivity contribution in [3.8, 4) is 11.3 Å². The number of benzene rings is 1. The van der Waals surface area contributed by atoms with Crippen LogP contribution in [0.3, 0.4) is 0 Å². The largest absolute Gasteiger partial charge is 0.139 e. The molecular weight excluding hydrogens is 230 g/mol. The maximum absolute atomic E-state index is 3.91. The summed E-state index contributed by atoms with van der Waals surface area (Å²) in [4.78, 5) is 0. The molecule has 0 saturated heterocycles. The Morgan fingerprint density at radius 3 is 2.77 bits per heavy atom. The van der Waals surface area contributed by atoms with Gasteiger partial charge in [-0.1, -0.05) is 28.1 Å². The molecule has 0 amide bonds. The third-order valence-electron chi connectivity index (χ3n) is 1.62. The monoisotopic (exact) mass is 235 g/mol. The van der Waals surface area contributed by atoms with Crippen LogP contribution in [0.1, 0.15) is 0 Å². The lowest BCUT2D eigenvalue weighted by molar-refractivity contribution is 0.870. The number of hydrogen-bond donors (Lipinski definition) is 0. The number of halogens is 1. The first kappa shape index (κ1) is 8.31. The molecule has 0 bridgehead atoms. The molecule has 0 fully saturated rings. The zero-order valence-corrected chi connectivity index (χ0v) is 8.27. The zero-order chi connectivity index (χ0) is 9.10. The molecule has 0 aliphatic carbocycles. The molecule has 13 heavy (non-hydrogen) atoms. The minimum absolute atomic E-state index is 0.830. The summed E-state index contributed by atoms with van der Waals surface area (Å²) in [6.07, 6.45) is 1.63. The summed E-state index contributed by atoms with van der Waals surface area (Å²) in [6, 6.07) is 9.73. The van der Waals surface area contributed by atoms with E-state index in [4.69, 9.17) is 0 Å². The molecule has 1 aromatic heterocycles. The fourth-order valence-corrected chi connectivity index (χ4v) is 1.44. The van der Waals surface area contributed by atoms with Gasteiger partial charge in [0.25, 0.3) is 0 Å². The lowest BCUT2D eigenvalue weighted by Gasteiger charge is -1.98. The van der Waals surface area contributed by atoms with E-state index in [2.05, 4.69) is 31.3 Å². The first-order valence-corrected chi connectivity index (χ1v) is 4.56. The molecule has 0 atom stereocenters. The smallest absolute Gasteiger partial charge is 0.0963 e. The highest BCUT2D eigenvalue weighted by Crippen LogP contribution is 2.19. The van der Waals surface area contributed by atoms with Crippen LogP contribution in [0.25, 0.3) is 11.3 Å². The van der Waals surface area contributed by atoms with E-state index in [1.54, 1.807) is 6.20 Å². The van der Waals surface area contributed by atoms with Crippen LogP contribution < -0.4 is 0 Å². The maximum atomic E-state index is 3.91. The van der Waals surface area contributed by atoms with Crippen molar-refractivity contribution in [2.75, 3.05) is 0 Å². The zero-order valence-electron chi connectivity index (χ0n) is 6.68. The fourth-order valence-electron chi connectivity index (χ4n) is 1.04. The summed E-state index contributed by atoms with van der Waals surface area (Å²) in [7, 11) is 0. The number of aromatic nitrogens is 3. The first-order chi connectivity index (χ1) is 6.36. The molecule has 0 unspecified atom stereocenters. The Bertz CT molecular complexity index is 403. The Morgan fingerprint density at radius 2 is 2.08 bits per heavy atom. The molecule has 64 valence electrons. The van der Waals surface area contributed by atoms with Crippen LogP contribution in [0, 0.1) is 0 Å². The lowest BCUT2D eigenvalue weighted by Crippen LogP contribution is -1.88. The van der Waals surface area contributed by atoms with Gasteiger partial charge in [-0.05, 0) is 23.4 Å². The standard InChI is InChI=1S/C9H6BrN3/c10-8-3-1-2-7(6-8)9-4-5-11-13-12-9/h1-6H. The van der Waals surface area contributed by atoms with E-state index in [0.717, 1.165) is 15.7 Å². The second-order valence-electron chi connectivity index (χ2n) is 2.52. The molecule has 4 heteroatoms. The van der Waals surface area contributed by atoms with Gasteiger partial charge in [-0.2, -0.15) is 0 Å². The molecule has 2 rings (SSSR count). The Kier molecular flexibility index (Phi) is 2.31. The van der Waals surface area contributed by atoms with E-state index in [1.807, 2.05) is 30.3 Å². The van der Waals surface area contributed by atoms with Crippen LogP contribution in [0.5, 0.6) is 0 Å². The molecule has 0 saturated carbocycles. The van der Waals surface area contributed by atoms with E-state index in [1.165, 1.54) is 0 Å². The van der Waals surface area contributed by atoms with Crippen LogP contribution in [0.15, 0.2) is 41.0 Å². The van der Waals surface area contributed by atoms with Gasteiger partial charge in [-0.25, -0.2) is 0 Å². The first-order valence-electron chi connectivity index (χ1n) is 3.76. The highest BCUT2D eigenvalue weighted by atomic mass is 79.9. The van der Waals surface area contributed by atoms with Gasteiger partial charge in [-0.3, -0.25) is 0 Å². The van der Waals surface area contributed by atoms with Crippen LogP contribution >= 0.6 is 15.9 Å². The Hall–Kier alpha value is -1.29. The third kappa shape index (κ3) is 1.89. The predicted molar refractivity (Wildman–Crippen MR) is 53.0 cm³/mol. The van der Waals surface area contributed by atoms with Gasteiger partial charge in [0.2, 0.25) is 0 Å². The van der Waals surface area contributed by atoms with Gasteiger partial charge >= 0.3 is 0 Å². The van der Waals surface area contributed by atoms with Crippen molar-refractivity contribution in [1.29, 1.82) is 0 Å². The van der Waals surface area contributed by atoms with Gasteiger partial charge < -0.3 is 0 Å². The quantitative estimate of drug-likeness (QED) is 0.762. The van der Waals surface area contributed by atoms with Crippen molar-refractivity contribution in [3.63, 3.8) is 0 Å². The van der Waals surface area contributed by atoms with Crippen molar-refractivity contribution in [2.45, 2.75) is 0 Å². The van der Waals surface area contributed by atoms with E-state index >= 15 is 0 Å². The number of hydrogen-bond acceptors (Lipinski definition) is 3. The third-order valence-corrected chi connectivity index (χ3v) is 2.12. The highest BCUT2D eigenvalue weighted by Gasteiger charge is 1.98. The summed E-state index contributed by atoms with van der Waals surface area (Å²) in [5.74, 6) is 0. The van der Waals surface area contributed by atoms with Crippen molar-refractivity contribution in [3.05, 3.63) is 41.0 Å². The van der Waals surface area contributed by atoms with Crippen LogP contribution in [0.2, 0.25) is 0 Å². The second kappa shape index (κ2) is 3.62. The summed E-state index contributed by atoms with van der Waals surface area (Å²) in [5.41, 5.74) is 1.86. The Balaban J connectivity index is 2.48. The SMILES string of the molecule is Brc1cccc(-c2ccnnn2)c1. The van der Waals surface area contributed by atoms with Crippen LogP contribution in [0.4, 0.5) is 0 Å². The maximum Gasteiger partial charge on any atom is 0.0963 e. The van der Waals surface area contributed by atoms with E-state index < -0.39 is 0 Å². The molecule has 1 aromatic carbocycles. The van der Waals surface area contributed by atoms with Gasteiger partial charge in [0.05, 0.1) is 11.9 Å². The number of rotatable bonds is 1. The fraction of sp³-hybridized carbons (Fsp3) is 0. The molecule has 0 aliphatic rings. The highest BCUT2D eigenvalue weighted by molar-refractivity contribution is 9.10. The van der Waals surface area contributed by atoms with Crippen molar-refractivity contribution in [2.24, 2.45) is 0 Å². The molecule has 0 radical (unpaired) electrons. The van der Waals surface area contributed by atoms with Crippen LogP contribution in [-0.2, 0) is 0 Å². The van der Waals surface area contributed by atoms with E-state index in [9.17, 15) is 0 Å². The lowest BCUT2D eigenvalue weighted by atomic mass is 10.1. The van der Waals surface area contributed by atoms with Crippen molar-refractivity contribution >= 4 is 15.9 Å². The Morgan fingerprint density at radius 1 is 1.15 bits per heavy atom. The molecule has 3 nitrogen and oxygen atoms in total. The molecule has 2 aromatic rings. The summed E-state index contributed by atoms with van der Waals surface area (Å²) >= 11 is 3.40. The molecular formula is C9H6BrN3. The number of nitrogens with zero attached hydrogens (tertiary/aromatic N) is 3. The predicted octanol–water partition coefficient (Wildman–Crippen LogP) is 2.30.